The van der Waals surface area contributed by atoms with Crippen LogP contribution in [0.2, 0.25) is 0 Å². The van der Waals surface area contributed by atoms with Crippen molar-refractivity contribution < 1.29 is 9.53 Å². The maximum Gasteiger partial charge on any atom is 0.191 e. The van der Waals surface area contributed by atoms with Gasteiger partial charge in [-0.2, -0.15) is 0 Å². The van der Waals surface area contributed by atoms with Crippen LogP contribution < -0.4 is 0 Å². The maximum absolute atomic E-state index is 12.2. The van der Waals surface area contributed by atoms with Crippen molar-refractivity contribution in [3.05, 3.63) is 35.4 Å². The van der Waals surface area contributed by atoms with Gasteiger partial charge in [-0.05, 0) is 32.6 Å². The molecule has 0 aromatic heterocycles. The molecule has 0 aliphatic heterocycles. The first-order valence-electron chi connectivity index (χ1n) is 5.95. The Labute approximate surface area is 96.6 Å². The van der Waals surface area contributed by atoms with Crippen LogP contribution in [0, 0.1) is 12.8 Å². The first kappa shape index (κ1) is 11.3. The van der Waals surface area contributed by atoms with Crippen LogP contribution in [-0.2, 0) is 4.74 Å². The van der Waals surface area contributed by atoms with Gasteiger partial charge in [-0.3, -0.25) is 4.79 Å². The van der Waals surface area contributed by atoms with Crippen LogP contribution in [0.15, 0.2) is 24.3 Å². The van der Waals surface area contributed by atoms with Crippen LogP contribution in [0.3, 0.4) is 0 Å². The van der Waals surface area contributed by atoms with E-state index in [-0.39, 0.29) is 11.9 Å². The molecule has 1 aromatic carbocycles. The lowest BCUT2D eigenvalue weighted by Crippen LogP contribution is -2.26. The summed E-state index contributed by atoms with van der Waals surface area (Å²) in [7, 11) is 0. The van der Waals surface area contributed by atoms with Crippen molar-refractivity contribution in [3.8, 4) is 0 Å². The highest BCUT2D eigenvalue weighted by molar-refractivity contribution is 5.99. The largest absolute Gasteiger partial charge is 0.370 e. The minimum atomic E-state index is -0.215. The minimum absolute atomic E-state index is 0.143. The van der Waals surface area contributed by atoms with E-state index in [1.54, 1.807) is 0 Å². The lowest BCUT2D eigenvalue weighted by molar-refractivity contribution is 0.0374. The molecule has 86 valence electrons. The maximum atomic E-state index is 12.2. The lowest BCUT2D eigenvalue weighted by Gasteiger charge is -2.15. The van der Waals surface area contributed by atoms with Gasteiger partial charge in [0.15, 0.2) is 5.78 Å². The molecule has 1 aliphatic rings. The fourth-order valence-corrected chi connectivity index (χ4v) is 1.89. The van der Waals surface area contributed by atoms with E-state index in [9.17, 15) is 4.79 Å². The van der Waals surface area contributed by atoms with Gasteiger partial charge in [0, 0.05) is 12.2 Å². The van der Waals surface area contributed by atoms with Crippen LogP contribution in [0.5, 0.6) is 0 Å². The van der Waals surface area contributed by atoms with Gasteiger partial charge in [0.05, 0.1) is 0 Å². The van der Waals surface area contributed by atoms with Crippen LogP contribution >= 0.6 is 0 Å². The molecule has 2 nitrogen and oxygen atoms in total. The summed E-state index contributed by atoms with van der Waals surface area (Å²) in [5.74, 6) is 0.595. The molecule has 0 spiro atoms. The topological polar surface area (TPSA) is 26.3 Å². The third-order valence-electron chi connectivity index (χ3n) is 2.99. The number of carbonyl (C=O) groups is 1. The van der Waals surface area contributed by atoms with Gasteiger partial charge in [0.1, 0.15) is 6.10 Å². The van der Waals surface area contributed by atoms with Crippen molar-refractivity contribution in [1.82, 2.24) is 0 Å². The number of carbonyl (C=O) groups excluding carboxylic acids is 1. The number of rotatable bonds is 5. The van der Waals surface area contributed by atoms with Crippen molar-refractivity contribution in [2.24, 2.45) is 5.92 Å². The van der Waals surface area contributed by atoms with Crippen molar-refractivity contribution in [2.45, 2.75) is 32.8 Å². The fourth-order valence-electron chi connectivity index (χ4n) is 1.89. The Morgan fingerprint density at radius 2 is 2.00 bits per heavy atom. The smallest absolute Gasteiger partial charge is 0.191 e. The van der Waals surface area contributed by atoms with E-state index in [0.29, 0.717) is 12.5 Å². The summed E-state index contributed by atoms with van der Waals surface area (Å²) in [6, 6.07) is 7.74. The highest BCUT2D eigenvalue weighted by Crippen LogP contribution is 2.35. The van der Waals surface area contributed by atoms with E-state index in [1.807, 2.05) is 38.1 Å². The predicted octanol–water partition coefficient (Wildman–Crippen LogP) is 2.99. The average Bonchev–Trinajstić information content (AvgIpc) is 3.10. The van der Waals surface area contributed by atoms with Gasteiger partial charge >= 0.3 is 0 Å². The quantitative estimate of drug-likeness (QED) is 0.710. The SMILES string of the molecule is CCOC(C(=O)c1ccc(C)cc1)C1CC1. The second kappa shape index (κ2) is 4.79. The standard InChI is InChI=1S/C14H18O2/c1-3-16-14(12-8-9-12)13(15)11-6-4-10(2)5-7-11/h4-7,12,14H,3,8-9H2,1-2H3. The second-order valence-corrected chi connectivity index (χ2v) is 4.44. The third-order valence-corrected chi connectivity index (χ3v) is 2.99. The Balaban J connectivity index is 2.12. The van der Waals surface area contributed by atoms with Gasteiger partial charge in [-0.25, -0.2) is 0 Å². The number of aryl methyl sites for hydroxylation is 1. The molecule has 1 fully saturated rings. The van der Waals surface area contributed by atoms with Crippen molar-refractivity contribution in [3.63, 3.8) is 0 Å². The molecule has 0 heterocycles. The number of ether oxygens (including phenoxy) is 1. The molecular formula is C14H18O2. The molecule has 2 heteroatoms. The normalized spacial score (nSPS) is 17.1. The van der Waals surface area contributed by atoms with Gasteiger partial charge in [0.2, 0.25) is 0 Å². The molecule has 1 aliphatic carbocycles. The van der Waals surface area contributed by atoms with Gasteiger partial charge in [-0.1, -0.05) is 29.8 Å². The van der Waals surface area contributed by atoms with E-state index in [1.165, 1.54) is 5.56 Å². The zero-order valence-electron chi connectivity index (χ0n) is 9.90. The molecule has 2 rings (SSSR count). The van der Waals surface area contributed by atoms with Crippen LogP contribution in [0.4, 0.5) is 0 Å². The van der Waals surface area contributed by atoms with Crippen LogP contribution in [0.25, 0.3) is 0 Å². The van der Waals surface area contributed by atoms with Crippen molar-refractivity contribution in [2.75, 3.05) is 6.61 Å². The van der Waals surface area contributed by atoms with Crippen molar-refractivity contribution in [1.29, 1.82) is 0 Å². The van der Waals surface area contributed by atoms with Gasteiger partial charge < -0.3 is 4.74 Å². The first-order chi connectivity index (χ1) is 7.72. The number of ketones is 1. The summed E-state index contributed by atoms with van der Waals surface area (Å²) < 4.78 is 5.56. The number of benzene rings is 1. The minimum Gasteiger partial charge on any atom is -0.370 e. The molecule has 1 aromatic rings. The Morgan fingerprint density at radius 3 is 2.50 bits per heavy atom. The molecule has 16 heavy (non-hydrogen) atoms. The Kier molecular flexibility index (Phi) is 3.39. The average molecular weight is 218 g/mol. The van der Waals surface area contributed by atoms with E-state index in [4.69, 9.17) is 4.74 Å². The Morgan fingerprint density at radius 1 is 1.38 bits per heavy atom. The zero-order valence-corrected chi connectivity index (χ0v) is 9.90. The summed E-state index contributed by atoms with van der Waals surface area (Å²) >= 11 is 0. The van der Waals surface area contributed by atoms with Crippen molar-refractivity contribution >= 4 is 5.78 Å². The molecular weight excluding hydrogens is 200 g/mol. The Bertz CT molecular complexity index is 363. The lowest BCUT2D eigenvalue weighted by atomic mass is 10.0. The third kappa shape index (κ3) is 2.50. The van der Waals surface area contributed by atoms with Crippen LogP contribution in [0.1, 0.15) is 35.7 Å². The molecule has 1 saturated carbocycles. The summed E-state index contributed by atoms with van der Waals surface area (Å²) in [4.78, 5) is 12.2. The van der Waals surface area contributed by atoms with Crippen LogP contribution in [-0.4, -0.2) is 18.5 Å². The molecule has 0 bridgehead atoms. The summed E-state index contributed by atoms with van der Waals surface area (Å²) in [5.41, 5.74) is 1.95. The van der Waals surface area contributed by atoms with E-state index < -0.39 is 0 Å². The monoisotopic (exact) mass is 218 g/mol. The van der Waals surface area contributed by atoms with Gasteiger partial charge in [0.25, 0.3) is 0 Å². The molecule has 1 atom stereocenters. The number of hydrogen-bond donors (Lipinski definition) is 0. The molecule has 1 unspecified atom stereocenters. The highest BCUT2D eigenvalue weighted by Gasteiger charge is 2.36. The molecule has 0 radical (unpaired) electrons. The zero-order chi connectivity index (χ0) is 11.5. The first-order valence-corrected chi connectivity index (χ1v) is 5.95. The molecule has 0 saturated heterocycles. The van der Waals surface area contributed by atoms with Gasteiger partial charge in [-0.15, -0.1) is 0 Å². The van der Waals surface area contributed by atoms with E-state index in [0.717, 1.165) is 18.4 Å². The second-order valence-electron chi connectivity index (χ2n) is 4.44. The Hall–Kier alpha value is -1.15. The van der Waals surface area contributed by atoms with E-state index >= 15 is 0 Å². The summed E-state index contributed by atoms with van der Waals surface area (Å²) in [6.45, 7) is 4.58. The summed E-state index contributed by atoms with van der Waals surface area (Å²) in [5, 5.41) is 0. The summed E-state index contributed by atoms with van der Waals surface area (Å²) in [6.07, 6.45) is 2.04. The number of Topliss-reactive ketones (excluding diaryl/α,β-unsaturated/α-hetero) is 1. The van der Waals surface area contributed by atoms with E-state index in [2.05, 4.69) is 0 Å². The fraction of sp³-hybridized carbons (Fsp3) is 0.500. The highest BCUT2D eigenvalue weighted by atomic mass is 16.5. The number of hydrogen-bond acceptors (Lipinski definition) is 2. The molecule has 0 N–H and O–H groups in total. The predicted molar refractivity (Wildman–Crippen MR) is 63.6 cm³/mol. The molecule has 0 amide bonds.